The minimum absolute atomic E-state index is 1.28. The van der Waals surface area contributed by atoms with E-state index in [0.717, 1.165) is 0 Å². The summed E-state index contributed by atoms with van der Waals surface area (Å²) in [5.41, 5.74) is 43.3. The lowest BCUT2D eigenvalue weighted by Crippen LogP contribution is -1.90. The number of aryl methyl sites for hydroxylation is 17. The summed E-state index contributed by atoms with van der Waals surface area (Å²) < 4.78 is 0. The van der Waals surface area contributed by atoms with Gasteiger partial charge in [0.05, 0.1) is 0 Å². The highest BCUT2D eigenvalue weighted by molar-refractivity contribution is 5.96. The Morgan fingerprint density at radius 2 is 0.353 bits per heavy atom. The first-order chi connectivity index (χ1) is 64.4. The zero-order chi connectivity index (χ0) is 94.2. The van der Waals surface area contributed by atoms with Gasteiger partial charge >= 0.3 is 0 Å². The minimum atomic E-state index is 1.28. The Morgan fingerprint density at radius 1 is 0.105 bits per heavy atom. The molecule has 0 saturated carbocycles. The van der Waals surface area contributed by atoms with Crippen molar-refractivity contribution in [3.05, 3.63) is 574 Å². The smallest absolute Gasteiger partial charge is 0.0105 e. The molecule has 0 heterocycles. The van der Waals surface area contributed by atoms with Crippen LogP contribution in [0.1, 0.15) is 94.6 Å². The summed E-state index contributed by atoms with van der Waals surface area (Å²) in [5.74, 6) is 0. The van der Waals surface area contributed by atoms with E-state index in [1.54, 1.807) is 0 Å². The van der Waals surface area contributed by atoms with Crippen molar-refractivity contribution in [3.8, 4) is 89.0 Å². The lowest BCUT2D eigenvalue weighted by Gasteiger charge is -2.11. The number of rotatable bonds is 8. The van der Waals surface area contributed by atoms with Crippen LogP contribution in [0.3, 0.4) is 0 Å². The van der Waals surface area contributed by atoms with Gasteiger partial charge in [-0.05, 0) is 251 Å². The average molecular weight is 1730 g/mol. The third-order valence-corrected chi connectivity index (χ3v) is 23.0. The molecule has 20 rings (SSSR count). The van der Waals surface area contributed by atoms with Gasteiger partial charge in [-0.1, -0.05) is 551 Å². The second kappa shape index (κ2) is 51.3. The van der Waals surface area contributed by atoms with Crippen LogP contribution in [-0.2, 0) is 0 Å². The molecule has 0 saturated heterocycles. The van der Waals surface area contributed by atoms with Crippen LogP contribution in [0.2, 0.25) is 0 Å². The van der Waals surface area contributed by atoms with Gasteiger partial charge in [0.25, 0.3) is 0 Å². The van der Waals surface area contributed by atoms with Gasteiger partial charge in [-0.15, -0.1) is 0 Å². The fraction of sp³-hybridized carbons (Fsp3) is 0.128. The van der Waals surface area contributed by atoms with Crippen molar-refractivity contribution in [2.24, 2.45) is 0 Å². The molecule has 0 aliphatic rings. The molecule has 0 spiro atoms. The standard InChI is InChI=1S/2C17H14.C16H18.C15H16.C14H14.3C13H12.C8H10.C7H8/c1-13-9-11-15(12-10-13)17-8-4-6-14-5-2-3-7-16(14)17;1-13-6-8-15(9-7-13)17-11-10-14-4-2-3-5-16(14)12-17;1-11-5-7-15(8-6-11)16-13(3)9-12(2)10-14(16)4;1-11-4-6-14(7-5-11)15-9-12(2)8-13(3)10-15;1-11-3-7-13(8-4-11)14-9-5-12(2)6-10-14;1-11-7-5-6-10-13(11)12-8-3-2-4-9-12;1-11-6-5-9-13(10-11)12-7-3-2-4-8-12;1-11-7-9-13(10-8-11)12-5-3-2-4-6-12;1-7-3-5-8(2)6-4-7;1-7-5-3-2-4-6-7/h2*2-12H,1H3;5-10H,1-4H3;4-10H,1-3H3;3-10H,1-2H3;3*2-10H,1H3;3-6H,1-2H3;2-6H,1H3. The maximum absolute atomic E-state index is 2.25. The van der Waals surface area contributed by atoms with Gasteiger partial charge in [0, 0.05) is 0 Å². The Balaban J connectivity index is 0.000000143. The van der Waals surface area contributed by atoms with E-state index in [0.29, 0.717) is 0 Å². The molecule has 0 radical (unpaired) electrons. The zero-order valence-corrected chi connectivity index (χ0v) is 81.1. The summed E-state index contributed by atoms with van der Waals surface area (Å²) in [5, 5.41) is 5.21. The van der Waals surface area contributed by atoms with Crippen LogP contribution in [0, 0.1) is 118 Å². The molecular weight excluding hydrogens is 1600 g/mol. The van der Waals surface area contributed by atoms with Gasteiger partial charge in [-0.2, -0.15) is 0 Å². The highest BCUT2D eigenvalue weighted by Crippen LogP contribution is 2.33. The highest BCUT2D eigenvalue weighted by atomic mass is 14.1. The molecule has 0 aliphatic heterocycles. The number of fused-ring (bicyclic) bond motifs is 2. The van der Waals surface area contributed by atoms with E-state index in [1.165, 1.54) is 205 Å². The van der Waals surface area contributed by atoms with Crippen LogP contribution >= 0.6 is 0 Å². The van der Waals surface area contributed by atoms with Gasteiger partial charge in [0.2, 0.25) is 0 Å². The Hall–Kier alpha value is -15.1. The first-order valence-corrected chi connectivity index (χ1v) is 46.4. The Morgan fingerprint density at radius 3 is 0.767 bits per heavy atom. The van der Waals surface area contributed by atoms with E-state index in [4.69, 9.17) is 0 Å². The second-order valence-electron chi connectivity index (χ2n) is 34.9. The molecule has 0 N–H and O–H groups in total. The SMILES string of the molecule is Cc1ccc(-c2c(C)cc(C)cc2C)cc1.Cc1ccc(-c2cc(C)cc(C)c2)cc1.Cc1ccc(-c2ccc(C)cc2)cc1.Cc1ccc(-c2ccc3ccccc3c2)cc1.Cc1ccc(-c2cccc3ccccc23)cc1.Cc1ccc(-c2ccccc2)cc1.Cc1ccc(C)cc1.Cc1cccc(-c2ccccc2)c1.Cc1ccccc1.Cc1ccccc1-c1ccccc1. The number of hydrogen-bond donors (Lipinski definition) is 0. The van der Waals surface area contributed by atoms with E-state index in [2.05, 4.69) is 561 Å². The Kier molecular flexibility index (Phi) is 38.0. The van der Waals surface area contributed by atoms with Crippen molar-refractivity contribution in [2.75, 3.05) is 0 Å². The Labute approximate surface area is 796 Å². The number of hydrogen-bond acceptors (Lipinski definition) is 0. The summed E-state index contributed by atoms with van der Waals surface area (Å²) in [6.45, 7) is 36.2. The summed E-state index contributed by atoms with van der Waals surface area (Å²) >= 11 is 0. The van der Waals surface area contributed by atoms with Gasteiger partial charge < -0.3 is 0 Å². The minimum Gasteiger partial charge on any atom is -0.0622 e. The average Bonchev–Trinajstić information content (AvgIpc) is 0.806. The van der Waals surface area contributed by atoms with Gasteiger partial charge in [0.1, 0.15) is 0 Å². The second-order valence-corrected chi connectivity index (χ2v) is 34.9. The highest BCUT2D eigenvalue weighted by Gasteiger charge is 2.09. The van der Waals surface area contributed by atoms with Crippen molar-refractivity contribution in [1.82, 2.24) is 0 Å². The molecule has 0 amide bonds. The topological polar surface area (TPSA) is 0 Å². The summed E-state index contributed by atoms with van der Waals surface area (Å²) in [4.78, 5) is 0. The fourth-order valence-corrected chi connectivity index (χ4v) is 15.6. The first-order valence-electron chi connectivity index (χ1n) is 46.4. The third kappa shape index (κ3) is 32.2. The molecule has 0 fully saturated rings. The summed E-state index contributed by atoms with van der Waals surface area (Å²) in [6.07, 6.45) is 0. The molecule has 0 nitrogen and oxygen atoms in total. The molecule has 0 bridgehead atoms. The van der Waals surface area contributed by atoms with E-state index in [9.17, 15) is 0 Å². The predicted octanol–water partition coefficient (Wildman–Crippen LogP) is 37.8. The van der Waals surface area contributed by atoms with Crippen molar-refractivity contribution in [3.63, 3.8) is 0 Å². The molecule has 0 heteroatoms. The van der Waals surface area contributed by atoms with Crippen molar-refractivity contribution in [2.45, 2.75) is 118 Å². The van der Waals surface area contributed by atoms with Crippen molar-refractivity contribution < 1.29 is 0 Å². The molecule has 0 unspecified atom stereocenters. The normalized spacial score (nSPS) is 10.1. The summed E-state index contributed by atoms with van der Waals surface area (Å²) in [7, 11) is 0. The van der Waals surface area contributed by atoms with E-state index >= 15 is 0 Å². The maximum Gasteiger partial charge on any atom is -0.0105 e. The first kappa shape index (κ1) is 98.5. The molecule has 0 atom stereocenters. The van der Waals surface area contributed by atoms with Crippen LogP contribution in [0.5, 0.6) is 0 Å². The van der Waals surface area contributed by atoms with Crippen LogP contribution in [0.15, 0.2) is 479 Å². The predicted molar refractivity (Wildman–Crippen MR) is 583 cm³/mol. The van der Waals surface area contributed by atoms with Crippen LogP contribution < -0.4 is 0 Å². The zero-order valence-electron chi connectivity index (χ0n) is 81.1. The lowest BCUT2D eigenvalue weighted by molar-refractivity contribution is 1.32. The van der Waals surface area contributed by atoms with Crippen LogP contribution in [0.4, 0.5) is 0 Å². The molecule has 0 aromatic heterocycles. The van der Waals surface area contributed by atoms with Crippen molar-refractivity contribution >= 4 is 21.5 Å². The quantitative estimate of drug-likeness (QED) is 0.142. The van der Waals surface area contributed by atoms with E-state index in [-0.39, 0.29) is 0 Å². The summed E-state index contributed by atoms with van der Waals surface area (Å²) in [6, 6.07) is 169. The van der Waals surface area contributed by atoms with Crippen LogP contribution in [0.25, 0.3) is 111 Å². The third-order valence-electron chi connectivity index (χ3n) is 23.0. The van der Waals surface area contributed by atoms with E-state index in [1.807, 2.05) is 36.4 Å². The number of benzene rings is 20. The fourth-order valence-electron chi connectivity index (χ4n) is 15.6. The molecule has 0 aliphatic carbocycles. The molecule has 662 valence electrons. The van der Waals surface area contributed by atoms with Crippen molar-refractivity contribution in [1.29, 1.82) is 0 Å². The monoisotopic (exact) mass is 1730 g/mol. The Bertz CT molecular complexity index is 6730. The molecular formula is C133H130. The molecule has 20 aromatic rings. The largest absolute Gasteiger partial charge is 0.0622 e. The molecule has 133 heavy (non-hydrogen) atoms. The van der Waals surface area contributed by atoms with Gasteiger partial charge in [0.15, 0.2) is 0 Å². The maximum atomic E-state index is 2.25. The van der Waals surface area contributed by atoms with Crippen LogP contribution in [-0.4, -0.2) is 0 Å². The molecule has 20 aromatic carbocycles. The van der Waals surface area contributed by atoms with Gasteiger partial charge in [-0.25, -0.2) is 0 Å². The lowest BCUT2D eigenvalue weighted by atomic mass is 9.93. The van der Waals surface area contributed by atoms with E-state index < -0.39 is 0 Å². The van der Waals surface area contributed by atoms with Gasteiger partial charge in [-0.3, -0.25) is 0 Å².